The highest BCUT2D eigenvalue weighted by atomic mass is 32.2. The van der Waals surface area contributed by atoms with Gasteiger partial charge in [0.05, 0.1) is 6.10 Å². The van der Waals surface area contributed by atoms with Gasteiger partial charge in [-0.05, 0) is 83.3 Å². The fraction of sp³-hybridized carbons (Fsp3) is 0.357. The smallest absolute Gasteiger partial charge is 0.123 e. The van der Waals surface area contributed by atoms with Crippen LogP contribution < -0.4 is 0 Å². The van der Waals surface area contributed by atoms with Crippen LogP contribution in [0.5, 0.6) is 0 Å². The maximum absolute atomic E-state index is 13.7. The van der Waals surface area contributed by atoms with Crippen molar-refractivity contribution in [3.8, 4) is 11.1 Å². The van der Waals surface area contributed by atoms with Crippen LogP contribution >= 0.6 is 11.8 Å². The summed E-state index contributed by atoms with van der Waals surface area (Å²) in [6.45, 7) is 12.7. The second kappa shape index (κ2) is 10.0. The molecule has 3 aromatic carbocycles. The molecular weight excluding hydrogens is 403 g/mol. The molecule has 1 unspecified atom stereocenters. The van der Waals surface area contributed by atoms with E-state index >= 15 is 0 Å². The number of rotatable bonds is 7. The number of benzene rings is 3. The molecule has 0 aromatic heterocycles. The van der Waals surface area contributed by atoms with E-state index in [1.165, 1.54) is 39.3 Å². The van der Waals surface area contributed by atoms with Gasteiger partial charge >= 0.3 is 0 Å². The van der Waals surface area contributed by atoms with Crippen molar-refractivity contribution >= 4 is 11.8 Å². The summed E-state index contributed by atoms with van der Waals surface area (Å²) in [4.78, 5) is 1.22. The first-order chi connectivity index (χ1) is 14.7. The molecule has 0 spiro atoms. The van der Waals surface area contributed by atoms with E-state index in [2.05, 4.69) is 65.0 Å². The summed E-state index contributed by atoms with van der Waals surface area (Å²) in [5.41, 5.74) is 7.93. The standard InChI is InChI=1S/C28H33FOS/c1-17(2)24-15-25(18(3)4)27(20(6)30)28(21-9-11-22(29)12-10-21)26(24)16-31-23-13-7-19(5)8-14-23/h7-15,17-18,20,30H,16H2,1-6H3. The molecule has 0 aliphatic heterocycles. The van der Waals surface area contributed by atoms with E-state index in [4.69, 9.17) is 0 Å². The number of hydrogen-bond donors (Lipinski definition) is 1. The summed E-state index contributed by atoms with van der Waals surface area (Å²) < 4.78 is 13.7. The lowest BCUT2D eigenvalue weighted by Crippen LogP contribution is -2.10. The zero-order valence-corrected chi connectivity index (χ0v) is 20.2. The molecule has 1 N–H and O–H groups in total. The van der Waals surface area contributed by atoms with Crippen LogP contribution in [0, 0.1) is 12.7 Å². The Hall–Kier alpha value is -2.10. The van der Waals surface area contributed by atoms with Crippen molar-refractivity contribution in [2.75, 3.05) is 0 Å². The van der Waals surface area contributed by atoms with Crippen molar-refractivity contribution < 1.29 is 9.50 Å². The molecule has 1 atom stereocenters. The van der Waals surface area contributed by atoms with Crippen LogP contribution in [0.3, 0.4) is 0 Å². The van der Waals surface area contributed by atoms with Crippen LogP contribution in [0.25, 0.3) is 11.1 Å². The third-order valence-electron chi connectivity index (χ3n) is 5.74. The largest absolute Gasteiger partial charge is 0.389 e. The average Bonchev–Trinajstić information content (AvgIpc) is 2.72. The summed E-state index contributed by atoms with van der Waals surface area (Å²) in [6.07, 6.45) is -0.609. The zero-order chi connectivity index (χ0) is 22.7. The van der Waals surface area contributed by atoms with E-state index in [0.29, 0.717) is 5.92 Å². The molecule has 0 saturated carbocycles. The molecule has 0 amide bonds. The first kappa shape index (κ1) is 23.6. The Kier molecular flexibility index (Phi) is 7.61. The molecular formula is C28H33FOS. The van der Waals surface area contributed by atoms with E-state index in [9.17, 15) is 9.50 Å². The zero-order valence-electron chi connectivity index (χ0n) is 19.4. The number of thioether (sulfide) groups is 1. The van der Waals surface area contributed by atoms with Crippen LogP contribution in [0.1, 0.15) is 80.4 Å². The second-order valence-electron chi connectivity index (χ2n) is 8.92. The fourth-order valence-electron chi connectivity index (χ4n) is 4.12. The van der Waals surface area contributed by atoms with Gasteiger partial charge in [0.25, 0.3) is 0 Å². The summed E-state index contributed by atoms with van der Waals surface area (Å²) in [7, 11) is 0. The molecule has 0 fully saturated rings. The van der Waals surface area contributed by atoms with E-state index in [0.717, 1.165) is 22.4 Å². The lowest BCUT2D eigenvalue weighted by Gasteiger charge is -2.27. The van der Waals surface area contributed by atoms with Crippen molar-refractivity contribution in [2.24, 2.45) is 0 Å². The minimum atomic E-state index is -0.609. The maximum Gasteiger partial charge on any atom is 0.123 e. The predicted octanol–water partition coefficient (Wildman–Crippen LogP) is 8.39. The molecule has 0 heterocycles. The molecule has 3 aromatic rings. The Labute approximate surface area is 190 Å². The van der Waals surface area contributed by atoms with Crippen molar-refractivity contribution in [3.05, 3.63) is 88.2 Å². The van der Waals surface area contributed by atoms with Gasteiger partial charge in [-0.2, -0.15) is 0 Å². The van der Waals surface area contributed by atoms with Gasteiger partial charge in [-0.3, -0.25) is 0 Å². The number of aryl methyl sites for hydroxylation is 1. The Balaban J connectivity index is 2.25. The molecule has 164 valence electrons. The van der Waals surface area contributed by atoms with Crippen LogP contribution in [-0.4, -0.2) is 5.11 Å². The van der Waals surface area contributed by atoms with E-state index < -0.39 is 6.10 Å². The normalized spacial score (nSPS) is 12.6. The number of hydrogen-bond acceptors (Lipinski definition) is 2. The van der Waals surface area contributed by atoms with Crippen LogP contribution in [-0.2, 0) is 5.75 Å². The summed E-state index contributed by atoms with van der Waals surface area (Å²) in [5.74, 6) is 1.16. The number of halogens is 1. The van der Waals surface area contributed by atoms with Crippen LogP contribution in [0.2, 0.25) is 0 Å². The highest BCUT2D eigenvalue weighted by Crippen LogP contribution is 2.43. The molecule has 31 heavy (non-hydrogen) atoms. The summed E-state index contributed by atoms with van der Waals surface area (Å²) in [6, 6.07) is 17.6. The van der Waals surface area contributed by atoms with Crippen LogP contribution in [0.15, 0.2) is 59.5 Å². The lowest BCUT2D eigenvalue weighted by atomic mass is 9.80. The molecule has 0 bridgehead atoms. The second-order valence-corrected chi connectivity index (χ2v) is 9.96. The van der Waals surface area contributed by atoms with Gasteiger partial charge in [-0.25, -0.2) is 4.39 Å². The first-order valence-electron chi connectivity index (χ1n) is 11.0. The summed E-state index contributed by atoms with van der Waals surface area (Å²) in [5, 5.41) is 10.8. The Morgan fingerprint density at radius 2 is 1.42 bits per heavy atom. The Morgan fingerprint density at radius 1 is 0.839 bits per heavy atom. The minimum Gasteiger partial charge on any atom is -0.389 e. The van der Waals surface area contributed by atoms with E-state index in [1.54, 1.807) is 11.8 Å². The van der Waals surface area contributed by atoms with Gasteiger partial charge in [0.2, 0.25) is 0 Å². The monoisotopic (exact) mass is 436 g/mol. The minimum absolute atomic E-state index is 0.248. The molecule has 0 saturated heterocycles. The van der Waals surface area contributed by atoms with Gasteiger partial charge in [-0.1, -0.05) is 63.6 Å². The molecule has 3 rings (SSSR count). The van der Waals surface area contributed by atoms with Crippen LogP contribution in [0.4, 0.5) is 4.39 Å². The van der Waals surface area contributed by atoms with Gasteiger partial charge in [0.15, 0.2) is 0 Å². The van der Waals surface area contributed by atoms with E-state index in [-0.39, 0.29) is 11.7 Å². The lowest BCUT2D eigenvalue weighted by molar-refractivity contribution is 0.198. The van der Waals surface area contributed by atoms with Gasteiger partial charge < -0.3 is 5.11 Å². The van der Waals surface area contributed by atoms with Crippen molar-refractivity contribution in [1.29, 1.82) is 0 Å². The molecule has 0 aliphatic carbocycles. The topological polar surface area (TPSA) is 20.2 Å². The fourth-order valence-corrected chi connectivity index (χ4v) is 5.07. The third kappa shape index (κ3) is 5.39. The van der Waals surface area contributed by atoms with Gasteiger partial charge in [-0.15, -0.1) is 11.8 Å². The Morgan fingerprint density at radius 3 is 1.94 bits per heavy atom. The molecule has 3 heteroatoms. The van der Waals surface area contributed by atoms with Crippen molar-refractivity contribution in [1.82, 2.24) is 0 Å². The van der Waals surface area contributed by atoms with Gasteiger partial charge in [0.1, 0.15) is 5.82 Å². The molecule has 0 radical (unpaired) electrons. The average molecular weight is 437 g/mol. The number of aliphatic hydroxyl groups excluding tert-OH is 1. The van der Waals surface area contributed by atoms with Gasteiger partial charge in [0, 0.05) is 10.6 Å². The highest BCUT2D eigenvalue weighted by molar-refractivity contribution is 7.98. The quantitative estimate of drug-likeness (QED) is 0.375. The molecule has 1 nitrogen and oxygen atoms in total. The predicted molar refractivity (Wildman–Crippen MR) is 131 cm³/mol. The summed E-state index contributed by atoms with van der Waals surface area (Å²) >= 11 is 1.80. The van der Waals surface area contributed by atoms with Crippen molar-refractivity contribution in [3.63, 3.8) is 0 Å². The van der Waals surface area contributed by atoms with E-state index in [1.807, 2.05) is 19.1 Å². The number of aliphatic hydroxyl groups is 1. The SMILES string of the molecule is Cc1ccc(SCc2c(C(C)C)cc(C(C)C)c(C(C)O)c2-c2ccc(F)cc2)cc1. The highest BCUT2D eigenvalue weighted by Gasteiger charge is 2.24. The maximum atomic E-state index is 13.7. The first-order valence-corrected chi connectivity index (χ1v) is 12.0. The molecule has 0 aliphatic rings. The third-order valence-corrected chi connectivity index (χ3v) is 6.78. The van der Waals surface area contributed by atoms with Crippen molar-refractivity contribution in [2.45, 2.75) is 70.1 Å². The Bertz CT molecular complexity index is 1020.